The first-order chi connectivity index (χ1) is 31.0. The third-order valence-corrected chi connectivity index (χ3v) is 25.8. The van der Waals surface area contributed by atoms with Crippen LogP contribution in [0.15, 0.2) is 35.6 Å². The number of nitrogens with one attached hydrogen (secondary N) is 2. The summed E-state index contributed by atoms with van der Waals surface area (Å²) in [6.45, 7) is 10.2. The molecule has 1 saturated carbocycles. The Morgan fingerprint density at radius 1 is 1.06 bits per heavy atom. The first-order valence-electron chi connectivity index (χ1n) is 22.2. The predicted octanol–water partition coefficient (Wildman–Crippen LogP) is 7.79. The third kappa shape index (κ3) is 11.9. The molecule has 1 aliphatic carbocycles. The van der Waals surface area contributed by atoms with Crippen molar-refractivity contribution in [2.75, 3.05) is 25.1 Å². The Kier molecular flexibility index (Phi) is 17.4. The number of amides is 1. The van der Waals surface area contributed by atoms with Gasteiger partial charge in [0.1, 0.15) is 30.7 Å². The molecule has 0 unspecified atom stereocenters. The summed E-state index contributed by atoms with van der Waals surface area (Å²) in [5, 5.41) is 12.4. The fourth-order valence-electron chi connectivity index (χ4n) is 8.42. The van der Waals surface area contributed by atoms with Crippen molar-refractivity contribution in [3.63, 3.8) is 0 Å². The van der Waals surface area contributed by atoms with E-state index in [1.807, 2.05) is 55.4 Å². The van der Waals surface area contributed by atoms with Gasteiger partial charge in [-0.2, -0.15) is 10.2 Å². The lowest BCUT2D eigenvalue weighted by Gasteiger charge is -2.47. The van der Waals surface area contributed by atoms with Crippen molar-refractivity contribution in [2.24, 2.45) is 11.8 Å². The second-order valence-electron chi connectivity index (χ2n) is 18.3. The molecule has 2 bridgehead atoms. The van der Waals surface area contributed by atoms with E-state index in [1.54, 1.807) is 42.9 Å². The second-order valence-corrected chi connectivity index (χ2v) is 32.8. The van der Waals surface area contributed by atoms with Crippen LogP contribution in [0.2, 0.25) is 22.2 Å². The van der Waals surface area contributed by atoms with Crippen LogP contribution in [0.4, 0.5) is 5.95 Å². The largest absolute Gasteiger partial charge is 0.474 e. The van der Waals surface area contributed by atoms with Crippen molar-refractivity contribution in [3.05, 3.63) is 41.2 Å². The number of rotatable bonds is 16. The molecule has 3 aromatic heterocycles. The van der Waals surface area contributed by atoms with Gasteiger partial charge in [-0.15, -0.1) is 0 Å². The number of H-pyrrole nitrogens is 1. The number of nitriles is 1. The smallest absolute Gasteiger partial charge is 0.386 e. The Bertz CT molecular complexity index is 2340. The van der Waals surface area contributed by atoms with E-state index in [2.05, 4.69) is 43.6 Å². The van der Waals surface area contributed by atoms with Crippen LogP contribution in [0.1, 0.15) is 94.7 Å². The molecule has 3 N–H and O–H groups in total. The molecule has 5 heterocycles. The second kappa shape index (κ2) is 21.7. The summed E-state index contributed by atoms with van der Waals surface area (Å²) in [4.78, 5) is 54.2. The number of ether oxygens (including phenoxy) is 2. The highest BCUT2D eigenvalue weighted by Gasteiger charge is 2.60. The molecule has 366 valence electrons. The maximum absolute atomic E-state index is 14.4. The summed E-state index contributed by atoms with van der Waals surface area (Å²) < 4.78 is 75.7. The number of anilines is 1. The van der Waals surface area contributed by atoms with Crippen molar-refractivity contribution in [1.82, 2.24) is 24.5 Å². The van der Waals surface area contributed by atoms with Crippen LogP contribution in [0.3, 0.4) is 0 Å². The number of aromatic nitrogens is 5. The number of nitrogens with zero attached hydrogens (tertiary/aromatic N) is 5. The number of fused-ring (bicyclic) bond motifs is 4. The Labute approximate surface area is 397 Å². The van der Waals surface area contributed by atoms with Crippen LogP contribution in [0.5, 0.6) is 5.88 Å². The monoisotopic (exact) mass is 1030 g/mol. The average Bonchev–Trinajstić information content (AvgIpc) is 3.93. The molecule has 3 fully saturated rings. The Morgan fingerprint density at radius 2 is 1.77 bits per heavy atom. The van der Waals surface area contributed by atoms with Crippen molar-refractivity contribution in [1.29, 1.82) is 5.26 Å². The molecule has 20 nitrogen and oxygen atoms in total. The van der Waals surface area contributed by atoms with Gasteiger partial charge in [-0.3, -0.25) is 33.5 Å². The highest BCUT2D eigenvalue weighted by Crippen LogP contribution is 2.60. The van der Waals surface area contributed by atoms with Crippen molar-refractivity contribution in [2.45, 2.75) is 147 Å². The van der Waals surface area contributed by atoms with Crippen molar-refractivity contribution in [3.8, 4) is 11.9 Å². The summed E-state index contributed by atoms with van der Waals surface area (Å²) in [6, 6.07) is 5.24. The molecule has 2 saturated heterocycles. The van der Waals surface area contributed by atoms with Gasteiger partial charge in [0.2, 0.25) is 17.7 Å². The van der Waals surface area contributed by atoms with Crippen molar-refractivity contribution >= 4 is 77.6 Å². The fraction of sp³-hybridized carbons (Fsp3) is 0.700. The fourth-order valence-corrected chi connectivity index (χ4v) is 22.0. The van der Waals surface area contributed by atoms with E-state index < -0.39 is 91.4 Å². The topological polar surface area (TPSA) is 250 Å². The zero-order chi connectivity index (χ0) is 48.4. The van der Waals surface area contributed by atoms with Gasteiger partial charge in [-0.05, 0) is 46.5 Å². The quantitative estimate of drug-likeness (QED) is 0.0462. The van der Waals surface area contributed by atoms with E-state index >= 15 is 0 Å². The average molecular weight is 1030 g/mol. The molecule has 2 aliphatic heterocycles. The molecule has 26 heteroatoms. The molecule has 0 spiro atoms. The van der Waals surface area contributed by atoms with Gasteiger partial charge in [-0.1, -0.05) is 81.5 Å². The summed E-state index contributed by atoms with van der Waals surface area (Å²) in [6.07, 6.45) is -0.945. The molecular weight excluding hydrogens is 969 g/mol. The standard InChI is InChI=1S/C40H63N7O13P2S2Si2/c1-23(2)37(48)45-40-44-36-30(38(49)46-40)13-16-47(36)39-35-34(59-66(26(7)8,27(9)10)60-65(51,24(3)4)25(5)6)32(56-39)21-53-61(50,63)57-31-19-29(55-33-12-15-42-22-43-33)18-28(31)20-54-62(64,58-35)52-17-11-14-41/h12-13,15-16,22-29,31-32,34-35,39,51H,11,17-21H2,1-10H3,(H,50,63)(H2,44,45,46,48,49)/t28-,29-,31+,32-,34-,35-,39-,61-,62-/m1/s1. The summed E-state index contributed by atoms with van der Waals surface area (Å²) >= 11 is 10.7. The minimum absolute atomic E-state index is 0.0447. The zero-order valence-corrected chi connectivity index (χ0v) is 44.4. The Morgan fingerprint density at radius 3 is 2.39 bits per heavy atom. The first-order valence-corrected chi connectivity index (χ1v) is 31.4. The highest BCUT2D eigenvalue weighted by molar-refractivity contribution is 8.44. The molecule has 3 aromatic rings. The van der Waals surface area contributed by atoms with Gasteiger partial charge in [0.25, 0.3) is 5.56 Å². The minimum atomic E-state index is -4.21. The summed E-state index contributed by atoms with van der Waals surface area (Å²) in [5.41, 5.74) is -1.41. The molecule has 9 atom stereocenters. The van der Waals surface area contributed by atoms with Crippen LogP contribution < -0.4 is 15.6 Å². The number of thiol groups is 1. The van der Waals surface area contributed by atoms with Crippen molar-refractivity contribution < 1.29 is 54.8 Å². The van der Waals surface area contributed by atoms with E-state index in [1.165, 1.54) is 6.33 Å². The lowest BCUT2D eigenvalue weighted by Crippen LogP contribution is -2.62. The molecule has 6 rings (SSSR count). The highest BCUT2D eigenvalue weighted by atomic mass is 32.7. The predicted molar refractivity (Wildman–Crippen MR) is 256 cm³/mol. The van der Waals surface area contributed by atoms with E-state index in [9.17, 15) is 24.2 Å². The van der Waals surface area contributed by atoms with Gasteiger partial charge < -0.3 is 36.4 Å². The summed E-state index contributed by atoms with van der Waals surface area (Å²) in [7, 11) is -7.19. The van der Waals surface area contributed by atoms with Crippen LogP contribution in [-0.4, -0.2) is 103 Å². The third-order valence-electron chi connectivity index (χ3n) is 12.1. The number of carbonyl (C=O) groups excluding carboxylic acids is 1. The minimum Gasteiger partial charge on any atom is -0.474 e. The molecule has 0 radical (unpaired) electrons. The van der Waals surface area contributed by atoms with E-state index in [0.717, 1.165) is 0 Å². The summed E-state index contributed by atoms with van der Waals surface area (Å²) in [5.74, 6) is -1.05. The maximum atomic E-state index is 14.4. The van der Waals surface area contributed by atoms with Gasteiger partial charge >= 0.3 is 30.6 Å². The van der Waals surface area contributed by atoms with Crippen LogP contribution in [0, 0.1) is 23.2 Å². The molecule has 3 aliphatic rings. The van der Waals surface area contributed by atoms with E-state index in [4.69, 9.17) is 52.4 Å². The molecule has 66 heavy (non-hydrogen) atoms. The van der Waals surface area contributed by atoms with Crippen LogP contribution in [0.25, 0.3) is 11.0 Å². The molecular formula is C40H63N7O13P2S2Si2. The maximum Gasteiger partial charge on any atom is 0.386 e. The van der Waals surface area contributed by atoms with Gasteiger partial charge in [0, 0.05) is 36.7 Å². The lowest BCUT2D eigenvalue weighted by molar-refractivity contribution is -0.118. The van der Waals surface area contributed by atoms with Gasteiger partial charge in [0.05, 0.1) is 43.8 Å². The van der Waals surface area contributed by atoms with E-state index in [0.29, 0.717) is 12.3 Å². The van der Waals surface area contributed by atoms with Gasteiger partial charge in [0.15, 0.2) is 11.9 Å². The lowest BCUT2D eigenvalue weighted by atomic mass is 10.1. The number of aromatic amines is 1. The number of carbonyl (C=O) groups is 1. The normalized spacial score (nSPS) is 28.9. The van der Waals surface area contributed by atoms with Crippen LogP contribution in [-0.2, 0) is 57.1 Å². The number of hydrogen-bond acceptors (Lipinski definition) is 18. The van der Waals surface area contributed by atoms with E-state index in [-0.39, 0.29) is 71.1 Å². The Balaban J connectivity index is 1.51. The zero-order valence-electron chi connectivity index (χ0n) is 38.9. The van der Waals surface area contributed by atoms with Gasteiger partial charge in [-0.25, -0.2) is 14.5 Å². The molecule has 0 aromatic carbocycles. The number of hydrogen-bond donors (Lipinski definition) is 4. The Hall–Kier alpha value is -2.44. The molecule has 1 amide bonds. The van der Waals surface area contributed by atoms with Crippen LogP contribution >= 0.6 is 25.8 Å². The SMILES string of the molecule is CC(C)C(=O)Nc1nc2c(ccn2[C@@H]2O[C@@H]3CO[P@@](=O)(S)O[C@H]4C[C@H](Oc5ccncn5)C[C@@H]4CO[P@](=S)(OCCC#N)O[C@@H]2[C@@H]3O[Si](O[Si](O)(C(C)C)C(C)C)(C(C)C)C(C)C)c(=O)[nH]1. The first kappa shape index (κ1) is 52.9.